The van der Waals surface area contributed by atoms with Crippen LogP contribution in [0.25, 0.3) is 21.9 Å². The van der Waals surface area contributed by atoms with Gasteiger partial charge in [0.2, 0.25) is 0 Å². The third-order valence-electron chi connectivity index (χ3n) is 5.14. The van der Waals surface area contributed by atoms with Crippen LogP contribution in [0.4, 0.5) is 26.0 Å². The summed E-state index contributed by atoms with van der Waals surface area (Å²) >= 11 is 0. The predicted molar refractivity (Wildman–Crippen MR) is 107 cm³/mol. The first-order valence-corrected chi connectivity index (χ1v) is 9.41. The van der Waals surface area contributed by atoms with E-state index in [-0.39, 0.29) is 11.3 Å². The second-order valence-electron chi connectivity index (χ2n) is 7.36. The summed E-state index contributed by atoms with van der Waals surface area (Å²) in [6, 6.07) is 6.70. The minimum Gasteiger partial charge on any atom is -0.369 e. The highest BCUT2D eigenvalue weighted by Gasteiger charge is 2.20. The predicted octanol–water partition coefficient (Wildman–Crippen LogP) is 2.66. The van der Waals surface area contributed by atoms with E-state index in [1.54, 1.807) is 13.1 Å². The topological polar surface area (TPSA) is 86.7 Å². The summed E-state index contributed by atoms with van der Waals surface area (Å²) in [7, 11) is 1.62. The van der Waals surface area contributed by atoms with Gasteiger partial charge in [0.1, 0.15) is 16.9 Å². The molecule has 2 aromatic heterocycles. The van der Waals surface area contributed by atoms with Crippen LogP contribution in [-0.2, 0) is 7.05 Å². The van der Waals surface area contributed by atoms with E-state index in [2.05, 4.69) is 42.9 Å². The number of nitrogens with zero attached hydrogens (tertiary/aromatic N) is 5. The molecule has 0 spiro atoms. The van der Waals surface area contributed by atoms with E-state index in [1.807, 2.05) is 6.07 Å². The lowest BCUT2D eigenvalue weighted by Gasteiger charge is -2.33. The first-order valence-electron chi connectivity index (χ1n) is 9.41. The van der Waals surface area contributed by atoms with Gasteiger partial charge in [0.15, 0.2) is 11.6 Å². The minimum absolute atomic E-state index is 0.186. The standard InChI is InChI=1S/C19H20F2N8/c1-10-9-29(4-3-22-10)12-7-13(20)17-15(8-12)24-25-19(17)23-11-5-14(21)18-16(6-11)26-28(2)27-18/h5-8,10,22H,3-4,9H2,1-2H3,(H2,23,24,25). The van der Waals surface area contributed by atoms with Crippen molar-refractivity contribution in [1.82, 2.24) is 30.5 Å². The number of aryl methyl sites for hydroxylation is 1. The van der Waals surface area contributed by atoms with Gasteiger partial charge in [-0.1, -0.05) is 0 Å². The fourth-order valence-electron chi connectivity index (χ4n) is 3.82. The van der Waals surface area contributed by atoms with Crippen molar-refractivity contribution < 1.29 is 8.78 Å². The van der Waals surface area contributed by atoms with Gasteiger partial charge in [-0.15, -0.1) is 0 Å². The van der Waals surface area contributed by atoms with E-state index in [1.165, 1.54) is 16.9 Å². The van der Waals surface area contributed by atoms with Crippen LogP contribution < -0.4 is 15.5 Å². The number of hydrogen-bond donors (Lipinski definition) is 3. The van der Waals surface area contributed by atoms with Crippen molar-refractivity contribution in [1.29, 1.82) is 0 Å². The number of hydrogen-bond acceptors (Lipinski definition) is 6. The Labute approximate surface area is 164 Å². The van der Waals surface area contributed by atoms with Gasteiger partial charge in [-0.2, -0.15) is 20.1 Å². The SMILES string of the molecule is CC1CN(c2cc(F)c3c(Nc4cc(F)c5nn(C)nc5c4)n[nH]c3c2)CCN1. The van der Waals surface area contributed by atoms with Crippen molar-refractivity contribution in [2.24, 2.45) is 7.05 Å². The molecule has 0 saturated carbocycles. The van der Waals surface area contributed by atoms with Crippen LogP contribution in [0.15, 0.2) is 24.3 Å². The second kappa shape index (κ2) is 6.66. The molecule has 2 aromatic carbocycles. The van der Waals surface area contributed by atoms with Crippen LogP contribution in [0.2, 0.25) is 0 Å². The molecule has 1 saturated heterocycles. The molecule has 3 heterocycles. The average Bonchev–Trinajstić information content (AvgIpc) is 3.25. The second-order valence-corrected chi connectivity index (χ2v) is 7.36. The lowest BCUT2D eigenvalue weighted by Crippen LogP contribution is -2.49. The summed E-state index contributed by atoms with van der Waals surface area (Å²) in [5.41, 5.74) is 2.40. The Morgan fingerprint density at radius 3 is 2.83 bits per heavy atom. The Hall–Kier alpha value is -3.27. The van der Waals surface area contributed by atoms with E-state index in [9.17, 15) is 8.78 Å². The summed E-state index contributed by atoms with van der Waals surface area (Å²) in [6.45, 7) is 4.58. The first-order chi connectivity index (χ1) is 14.0. The number of benzene rings is 2. The molecule has 5 rings (SSSR count). The van der Waals surface area contributed by atoms with Gasteiger partial charge in [-0.3, -0.25) is 5.10 Å². The van der Waals surface area contributed by atoms with E-state index in [0.717, 1.165) is 25.3 Å². The van der Waals surface area contributed by atoms with Crippen molar-refractivity contribution in [3.05, 3.63) is 35.9 Å². The highest BCUT2D eigenvalue weighted by Crippen LogP contribution is 2.32. The number of aromatic nitrogens is 5. The molecule has 0 aliphatic carbocycles. The highest BCUT2D eigenvalue weighted by molar-refractivity contribution is 5.94. The first kappa shape index (κ1) is 17.8. The van der Waals surface area contributed by atoms with Crippen LogP contribution in [0.5, 0.6) is 0 Å². The third kappa shape index (κ3) is 3.15. The maximum absolute atomic E-state index is 15.0. The van der Waals surface area contributed by atoms with E-state index in [4.69, 9.17) is 0 Å². The monoisotopic (exact) mass is 398 g/mol. The number of nitrogens with one attached hydrogen (secondary N) is 3. The number of fused-ring (bicyclic) bond motifs is 2. The zero-order valence-corrected chi connectivity index (χ0v) is 16.0. The number of rotatable bonds is 3. The molecule has 150 valence electrons. The Morgan fingerprint density at radius 2 is 2.00 bits per heavy atom. The Balaban J connectivity index is 1.50. The Kier molecular flexibility index (Phi) is 4.09. The van der Waals surface area contributed by atoms with Crippen molar-refractivity contribution in [3.63, 3.8) is 0 Å². The van der Waals surface area contributed by atoms with Gasteiger partial charge in [-0.05, 0) is 31.2 Å². The molecule has 29 heavy (non-hydrogen) atoms. The number of halogens is 2. The molecule has 0 bridgehead atoms. The molecular weight excluding hydrogens is 378 g/mol. The molecule has 1 atom stereocenters. The van der Waals surface area contributed by atoms with Crippen molar-refractivity contribution in [2.75, 3.05) is 29.9 Å². The average molecular weight is 398 g/mol. The maximum atomic E-state index is 15.0. The van der Waals surface area contributed by atoms with E-state index < -0.39 is 5.82 Å². The molecular formula is C19H20F2N8. The molecule has 1 aliphatic rings. The quantitative estimate of drug-likeness (QED) is 0.492. The fourth-order valence-corrected chi connectivity index (χ4v) is 3.82. The van der Waals surface area contributed by atoms with Crippen molar-refractivity contribution in [2.45, 2.75) is 13.0 Å². The van der Waals surface area contributed by atoms with E-state index in [0.29, 0.717) is 34.0 Å². The number of anilines is 3. The summed E-state index contributed by atoms with van der Waals surface area (Å²) in [4.78, 5) is 3.45. The molecule has 8 nitrogen and oxygen atoms in total. The van der Waals surface area contributed by atoms with Crippen LogP contribution in [0, 0.1) is 11.6 Å². The van der Waals surface area contributed by atoms with Gasteiger partial charge in [0, 0.05) is 44.1 Å². The molecule has 1 unspecified atom stereocenters. The highest BCUT2D eigenvalue weighted by atomic mass is 19.1. The van der Waals surface area contributed by atoms with Crippen LogP contribution in [0.3, 0.4) is 0 Å². The van der Waals surface area contributed by atoms with Gasteiger partial charge in [-0.25, -0.2) is 8.78 Å². The minimum atomic E-state index is -0.506. The lowest BCUT2D eigenvalue weighted by atomic mass is 10.1. The molecule has 4 aromatic rings. The zero-order valence-electron chi connectivity index (χ0n) is 16.0. The van der Waals surface area contributed by atoms with Crippen LogP contribution >= 0.6 is 0 Å². The van der Waals surface area contributed by atoms with Crippen LogP contribution in [0.1, 0.15) is 6.92 Å². The molecule has 0 amide bonds. The normalized spacial score (nSPS) is 17.4. The van der Waals surface area contributed by atoms with Crippen molar-refractivity contribution >= 4 is 39.1 Å². The third-order valence-corrected chi connectivity index (χ3v) is 5.14. The zero-order chi connectivity index (χ0) is 20.1. The van der Waals surface area contributed by atoms with Gasteiger partial charge >= 0.3 is 0 Å². The van der Waals surface area contributed by atoms with Gasteiger partial charge in [0.25, 0.3) is 0 Å². The number of H-pyrrole nitrogens is 1. The van der Waals surface area contributed by atoms with Gasteiger partial charge < -0.3 is 15.5 Å². The lowest BCUT2D eigenvalue weighted by molar-refractivity contribution is 0.484. The Bertz CT molecular complexity index is 1210. The summed E-state index contributed by atoms with van der Waals surface area (Å²) in [6.07, 6.45) is 0. The Morgan fingerprint density at radius 1 is 1.14 bits per heavy atom. The summed E-state index contributed by atoms with van der Waals surface area (Å²) < 4.78 is 29.3. The molecule has 0 radical (unpaired) electrons. The van der Waals surface area contributed by atoms with Crippen molar-refractivity contribution in [3.8, 4) is 0 Å². The number of aromatic amines is 1. The van der Waals surface area contributed by atoms with Gasteiger partial charge in [0.05, 0.1) is 10.9 Å². The van der Waals surface area contributed by atoms with Crippen LogP contribution in [-0.4, -0.2) is 50.9 Å². The number of piperazine rings is 1. The largest absolute Gasteiger partial charge is 0.369 e. The maximum Gasteiger partial charge on any atom is 0.163 e. The van der Waals surface area contributed by atoms with E-state index >= 15 is 0 Å². The molecule has 1 fully saturated rings. The summed E-state index contributed by atoms with van der Waals surface area (Å²) in [5, 5.41) is 21.9. The molecule has 1 aliphatic heterocycles. The summed E-state index contributed by atoms with van der Waals surface area (Å²) in [5.74, 6) is -0.602. The molecule has 3 N–H and O–H groups in total. The molecule has 10 heteroatoms. The fraction of sp³-hybridized carbons (Fsp3) is 0.316. The smallest absolute Gasteiger partial charge is 0.163 e.